The summed E-state index contributed by atoms with van der Waals surface area (Å²) in [4.78, 5) is 27.7. The third-order valence-electron chi connectivity index (χ3n) is 3.15. The number of benzene rings is 1. The minimum absolute atomic E-state index is 0.0521. The van der Waals surface area contributed by atoms with Crippen LogP contribution < -0.4 is 10.0 Å². The van der Waals surface area contributed by atoms with Gasteiger partial charge in [-0.1, -0.05) is 12.1 Å². The maximum absolute atomic E-state index is 12.6. The molecule has 3 aromatic rings. The predicted molar refractivity (Wildman–Crippen MR) is 90.6 cm³/mol. The zero-order valence-corrected chi connectivity index (χ0v) is 14.6. The SMILES string of the molecule is Cc1nc(C)nc(NC(=O)NS(=O)(=O)c2ccccc2-c2ncco2)n1. The molecule has 2 amide bonds. The topological polar surface area (TPSA) is 140 Å². The molecule has 2 aromatic heterocycles. The van der Waals surface area contributed by atoms with Gasteiger partial charge in [-0.15, -0.1) is 0 Å². The van der Waals surface area contributed by atoms with E-state index in [0.717, 1.165) is 0 Å². The van der Waals surface area contributed by atoms with Crippen molar-refractivity contribution in [2.75, 3.05) is 5.32 Å². The van der Waals surface area contributed by atoms with Gasteiger partial charge in [-0.3, -0.25) is 5.32 Å². The molecule has 3 rings (SSSR count). The number of anilines is 1. The number of amides is 2. The van der Waals surface area contributed by atoms with Crippen LogP contribution in [-0.4, -0.2) is 34.4 Å². The molecule has 2 N–H and O–H groups in total. The smallest absolute Gasteiger partial charge is 0.335 e. The van der Waals surface area contributed by atoms with Crippen molar-refractivity contribution in [3.63, 3.8) is 0 Å². The van der Waals surface area contributed by atoms with Gasteiger partial charge in [0.15, 0.2) is 0 Å². The number of carbonyl (C=O) groups excluding carboxylic acids is 1. The average molecular weight is 374 g/mol. The summed E-state index contributed by atoms with van der Waals surface area (Å²) in [6.45, 7) is 3.25. The van der Waals surface area contributed by atoms with Crippen molar-refractivity contribution >= 4 is 22.0 Å². The Bertz CT molecular complexity index is 1030. The Morgan fingerprint density at radius 2 is 1.77 bits per heavy atom. The number of sulfonamides is 1. The van der Waals surface area contributed by atoms with Crippen molar-refractivity contribution in [3.05, 3.63) is 48.4 Å². The van der Waals surface area contributed by atoms with Gasteiger partial charge in [-0.05, 0) is 26.0 Å². The molecule has 0 atom stereocenters. The fourth-order valence-electron chi connectivity index (χ4n) is 2.21. The van der Waals surface area contributed by atoms with Gasteiger partial charge in [0.1, 0.15) is 22.8 Å². The molecule has 0 aliphatic rings. The van der Waals surface area contributed by atoms with E-state index in [2.05, 4.69) is 25.3 Å². The molecule has 0 saturated carbocycles. The molecule has 0 aliphatic carbocycles. The lowest BCUT2D eigenvalue weighted by atomic mass is 10.2. The van der Waals surface area contributed by atoms with Gasteiger partial charge >= 0.3 is 6.03 Å². The summed E-state index contributed by atoms with van der Waals surface area (Å²) in [7, 11) is -4.19. The zero-order chi connectivity index (χ0) is 18.7. The molecule has 0 radical (unpaired) electrons. The number of aryl methyl sites for hydroxylation is 2. The number of carbonyl (C=O) groups is 1. The molecule has 0 saturated heterocycles. The van der Waals surface area contributed by atoms with Gasteiger partial charge in [0.25, 0.3) is 10.0 Å². The number of urea groups is 1. The van der Waals surface area contributed by atoms with Crippen molar-refractivity contribution in [1.82, 2.24) is 24.7 Å². The summed E-state index contributed by atoms with van der Waals surface area (Å²) in [6, 6.07) is 5.02. The largest absolute Gasteiger partial charge is 0.444 e. The van der Waals surface area contributed by atoms with E-state index in [1.165, 1.54) is 30.7 Å². The number of rotatable bonds is 4. The van der Waals surface area contributed by atoms with Crippen LogP contribution in [0.2, 0.25) is 0 Å². The van der Waals surface area contributed by atoms with Crippen LogP contribution in [0.5, 0.6) is 0 Å². The lowest BCUT2D eigenvalue weighted by Gasteiger charge is -2.10. The molecule has 0 bridgehead atoms. The molecule has 0 unspecified atom stereocenters. The van der Waals surface area contributed by atoms with Crippen molar-refractivity contribution in [2.24, 2.45) is 0 Å². The van der Waals surface area contributed by atoms with Crippen LogP contribution in [0.1, 0.15) is 11.6 Å². The summed E-state index contributed by atoms with van der Waals surface area (Å²) < 4.78 is 32.2. The lowest BCUT2D eigenvalue weighted by molar-refractivity contribution is 0.256. The van der Waals surface area contributed by atoms with Crippen molar-refractivity contribution in [3.8, 4) is 11.5 Å². The highest BCUT2D eigenvalue weighted by Crippen LogP contribution is 2.25. The maximum atomic E-state index is 12.6. The van der Waals surface area contributed by atoms with Crippen LogP contribution in [0.15, 0.2) is 46.0 Å². The van der Waals surface area contributed by atoms with E-state index in [1.54, 1.807) is 19.9 Å². The fourth-order valence-corrected chi connectivity index (χ4v) is 3.32. The third kappa shape index (κ3) is 3.83. The van der Waals surface area contributed by atoms with Crippen LogP contribution >= 0.6 is 0 Å². The summed E-state index contributed by atoms with van der Waals surface area (Å²) in [6.07, 6.45) is 2.72. The van der Waals surface area contributed by atoms with Gasteiger partial charge in [0.2, 0.25) is 11.8 Å². The van der Waals surface area contributed by atoms with Gasteiger partial charge < -0.3 is 4.42 Å². The zero-order valence-electron chi connectivity index (χ0n) is 13.8. The molecule has 0 spiro atoms. The van der Waals surface area contributed by atoms with Crippen LogP contribution in [0.4, 0.5) is 10.7 Å². The third-order valence-corrected chi connectivity index (χ3v) is 4.54. The standard InChI is InChI=1S/C15H14N6O4S/c1-9-17-10(2)19-14(18-9)20-15(22)21-26(23,24)12-6-4-3-5-11(12)13-16-7-8-25-13/h3-8H,1-2H3,(H2,17,18,19,20,21,22). The number of hydrogen-bond donors (Lipinski definition) is 2. The van der Waals surface area contributed by atoms with Crippen molar-refractivity contribution in [2.45, 2.75) is 18.7 Å². The van der Waals surface area contributed by atoms with Gasteiger partial charge in [-0.25, -0.2) is 27.9 Å². The first-order valence-electron chi connectivity index (χ1n) is 7.37. The number of nitrogens with zero attached hydrogens (tertiary/aromatic N) is 4. The molecule has 2 heterocycles. The Balaban J connectivity index is 1.84. The van der Waals surface area contributed by atoms with E-state index in [1.807, 2.05) is 4.72 Å². The monoisotopic (exact) mass is 374 g/mol. The quantitative estimate of drug-likeness (QED) is 0.702. The Hall–Kier alpha value is -3.34. The van der Waals surface area contributed by atoms with Gasteiger partial charge in [-0.2, -0.15) is 9.97 Å². The summed E-state index contributed by atoms with van der Waals surface area (Å²) >= 11 is 0. The number of nitrogens with one attached hydrogen (secondary N) is 2. The first kappa shape index (κ1) is 17.5. The fraction of sp³-hybridized carbons (Fsp3) is 0.133. The molecule has 26 heavy (non-hydrogen) atoms. The average Bonchev–Trinajstić information content (AvgIpc) is 3.07. The highest BCUT2D eigenvalue weighted by atomic mass is 32.2. The minimum Gasteiger partial charge on any atom is -0.444 e. The molecule has 0 fully saturated rings. The van der Waals surface area contributed by atoms with E-state index < -0.39 is 16.1 Å². The number of hydrogen-bond acceptors (Lipinski definition) is 8. The van der Waals surface area contributed by atoms with E-state index in [9.17, 15) is 13.2 Å². The van der Waals surface area contributed by atoms with Crippen molar-refractivity contribution in [1.29, 1.82) is 0 Å². The minimum atomic E-state index is -4.19. The molecule has 0 aliphatic heterocycles. The number of oxazole rings is 1. The van der Waals surface area contributed by atoms with Gasteiger partial charge in [0, 0.05) is 0 Å². The van der Waals surface area contributed by atoms with E-state index in [-0.39, 0.29) is 22.3 Å². The molecule has 11 heteroatoms. The molecule has 134 valence electrons. The Morgan fingerprint density at radius 1 is 1.08 bits per heavy atom. The van der Waals surface area contributed by atoms with Crippen LogP contribution in [-0.2, 0) is 10.0 Å². The molecular formula is C15H14N6O4S. The first-order chi connectivity index (χ1) is 12.3. The lowest BCUT2D eigenvalue weighted by Crippen LogP contribution is -2.35. The molecular weight excluding hydrogens is 360 g/mol. The maximum Gasteiger partial charge on any atom is 0.335 e. The van der Waals surface area contributed by atoms with Crippen LogP contribution in [0.3, 0.4) is 0 Å². The summed E-state index contributed by atoms with van der Waals surface area (Å²) in [5.41, 5.74) is 0.227. The number of aromatic nitrogens is 4. The highest BCUT2D eigenvalue weighted by Gasteiger charge is 2.23. The molecule has 1 aromatic carbocycles. The van der Waals surface area contributed by atoms with E-state index in [0.29, 0.717) is 11.6 Å². The normalized spacial score (nSPS) is 11.2. The first-order valence-corrected chi connectivity index (χ1v) is 8.85. The summed E-state index contributed by atoms with van der Waals surface area (Å²) in [5.74, 6) is 0.855. The van der Waals surface area contributed by atoms with Gasteiger partial charge in [0.05, 0.1) is 11.8 Å². The summed E-state index contributed by atoms with van der Waals surface area (Å²) in [5, 5.41) is 2.27. The van der Waals surface area contributed by atoms with Crippen LogP contribution in [0, 0.1) is 13.8 Å². The second-order valence-electron chi connectivity index (χ2n) is 5.15. The van der Waals surface area contributed by atoms with E-state index >= 15 is 0 Å². The Morgan fingerprint density at radius 3 is 2.42 bits per heavy atom. The Kier molecular flexibility index (Phi) is 4.63. The van der Waals surface area contributed by atoms with Crippen molar-refractivity contribution < 1.29 is 17.6 Å². The molecule has 10 nitrogen and oxygen atoms in total. The second-order valence-corrected chi connectivity index (χ2v) is 6.80. The highest BCUT2D eigenvalue weighted by molar-refractivity contribution is 7.90. The second kappa shape index (κ2) is 6.88. The Labute approximate surface area is 148 Å². The predicted octanol–water partition coefficient (Wildman–Crippen LogP) is 1.65. The van der Waals surface area contributed by atoms with Crippen LogP contribution in [0.25, 0.3) is 11.5 Å². The van der Waals surface area contributed by atoms with E-state index in [4.69, 9.17) is 4.42 Å².